The molecule has 2 nitrogen and oxygen atoms in total. The fourth-order valence-electron chi connectivity index (χ4n) is 1.27. The van der Waals surface area contributed by atoms with Crippen LogP contribution in [0.2, 0.25) is 0 Å². The van der Waals surface area contributed by atoms with E-state index in [1.807, 2.05) is 66.6 Å². The first kappa shape index (κ1) is 11.0. The number of halogens is 1. The fourth-order valence-corrected chi connectivity index (χ4v) is 1.54. The van der Waals surface area contributed by atoms with E-state index in [9.17, 15) is 0 Å². The summed E-state index contributed by atoms with van der Waals surface area (Å²) in [5.41, 5.74) is 2.05. The smallest absolute Gasteiger partial charge is 0.169 e. The van der Waals surface area contributed by atoms with Crippen molar-refractivity contribution in [1.82, 2.24) is 0 Å². The summed E-state index contributed by atoms with van der Waals surface area (Å²) in [6, 6.07) is 12.0. The van der Waals surface area contributed by atoms with Crippen molar-refractivity contribution >= 4 is 27.8 Å². The molecule has 0 unspecified atom stereocenters. The predicted octanol–water partition coefficient (Wildman–Crippen LogP) is 3.02. The molecule has 0 fully saturated rings. The van der Waals surface area contributed by atoms with Crippen LogP contribution < -0.4 is 4.57 Å². The number of nitrogens with zero attached hydrogens (tertiary/aromatic N) is 2. The summed E-state index contributed by atoms with van der Waals surface area (Å²) >= 11 is 3.39. The van der Waals surface area contributed by atoms with Gasteiger partial charge < -0.3 is 0 Å². The van der Waals surface area contributed by atoms with Crippen molar-refractivity contribution in [2.45, 2.75) is 0 Å². The molecule has 0 aliphatic heterocycles. The Bertz CT molecular complexity index is 439. The minimum absolute atomic E-state index is 0.955. The molecular formula is C13H12BrN2+. The monoisotopic (exact) mass is 275 g/mol. The number of benzene rings is 1. The van der Waals surface area contributed by atoms with Crippen LogP contribution in [0, 0.1) is 0 Å². The van der Waals surface area contributed by atoms with Gasteiger partial charge in [0.05, 0.1) is 5.69 Å². The molecule has 0 spiro atoms. The second kappa shape index (κ2) is 5.03. The van der Waals surface area contributed by atoms with E-state index in [0.717, 1.165) is 15.7 Å². The lowest BCUT2D eigenvalue weighted by Gasteiger charge is -1.94. The Kier molecular flexibility index (Phi) is 3.47. The molecule has 0 aliphatic rings. The molecule has 0 saturated heterocycles. The average Bonchev–Trinajstić information content (AvgIpc) is 2.30. The summed E-state index contributed by atoms with van der Waals surface area (Å²) in [6.45, 7) is 0. The number of rotatable bonds is 2. The molecule has 0 bridgehead atoms. The van der Waals surface area contributed by atoms with Crippen molar-refractivity contribution in [3.05, 3.63) is 58.8 Å². The third-order valence-corrected chi connectivity index (χ3v) is 2.72. The maximum absolute atomic E-state index is 4.39. The predicted molar refractivity (Wildman–Crippen MR) is 69.0 cm³/mol. The van der Waals surface area contributed by atoms with Crippen LogP contribution in [0.1, 0.15) is 5.56 Å². The van der Waals surface area contributed by atoms with Gasteiger partial charge in [0.15, 0.2) is 12.4 Å². The van der Waals surface area contributed by atoms with Gasteiger partial charge in [-0.3, -0.25) is 4.99 Å². The molecule has 2 aromatic rings. The second-order valence-corrected chi connectivity index (χ2v) is 4.45. The van der Waals surface area contributed by atoms with E-state index in [1.165, 1.54) is 0 Å². The maximum atomic E-state index is 4.39. The molecule has 16 heavy (non-hydrogen) atoms. The van der Waals surface area contributed by atoms with Gasteiger partial charge in [-0.1, -0.05) is 15.9 Å². The van der Waals surface area contributed by atoms with Gasteiger partial charge in [0.2, 0.25) is 0 Å². The van der Waals surface area contributed by atoms with Gasteiger partial charge in [0.25, 0.3) is 0 Å². The lowest BCUT2D eigenvalue weighted by atomic mass is 10.3. The van der Waals surface area contributed by atoms with Gasteiger partial charge in [0.1, 0.15) is 7.05 Å². The van der Waals surface area contributed by atoms with E-state index in [-0.39, 0.29) is 0 Å². The maximum Gasteiger partial charge on any atom is 0.169 e. The topological polar surface area (TPSA) is 16.2 Å². The first-order chi connectivity index (χ1) is 7.74. The Morgan fingerprint density at radius 1 is 1.06 bits per heavy atom. The van der Waals surface area contributed by atoms with Crippen LogP contribution in [0.25, 0.3) is 0 Å². The molecular weight excluding hydrogens is 264 g/mol. The van der Waals surface area contributed by atoms with Crippen LogP contribution in [-0.2, 0) is 7.05 Å². The molecule has 0 atom stereocenters. The molecule has 0 amide bonds. The number of hydrogen-bond donors (Lipinski definition) is 0. The summed E-state index contributed by atoms with van der Waals surface area (Å²) in [7, 11) is 2.00. The van der Waals surface area contributed by atoms with Crippen molar-refractivity contribution < 1.29 is 4.57 Å². The Morgan fingerprint density at radius 2 is 1.69 bits per heavy atom. The van der Waals surface area contributed by atoms with Crippen molar-refractivity contribution in [2.24, 2.45) is 12.0 Å². The highest BCUT2D eigenvalue weighted by atomic mass is 79.9. The number of aliphatic imine (C=N–C) groups is 1. The molecule has 0 radical (unpaired) electrons. The summed E-state index contributed by atoms with van der Waals surface area (Å²) in [6.07, 6.45) is 5.87. The molecule has 2 rings (SSSR count). The first-order valence-corrected chi connectivity index (χ1v) is 5.78. The van der Waals surface area contributed by atoms with Crippen molar-refractivity contribution in [2.75, 3.05) is 0 Å². The fraction of sp³-hybridized carbons (Fsp3) is 0.0769. The van der Waals surface area contributed by atoms with Crippen molar-refractivity contribution in [3.63, 3.8) is 0 Å². The van der Waals surface area contributed by atoms with Gasteiger partial charge >= 0.3 is 0 Å². The van der Waals surface area contributed by atoms with E-state index in [4.69, 9.17) is 0 Å². The number of aromatic nitrogens is 1. The Balaban J connectivity index is 2.15. The molecule has 3 heteroatoms. The SMILES string of the molecule is C[n+]1ccc(C=Nc2ccc(Br)cc2)cc1. The highest BCUT2D eigenvalue weighted by Crippen LogP contribution is 2.16. The van der Waals surface area contributed by atoms with Crippen LogP contribution in [0.15, 0.2) is 58.3 Å². The van der Waals surface area contributed by atoms with Crippen molar-refractivity contribution in [1.29, 1.82) is 0 Å². The van der Waals surface area contributed by atoms with E-state index in [2.05, 4.69) is 20.9 Å². The number of hydrogen-bond acceptors (Lipinski definition) is 1. The number of aryl methyl sites for hydroxylation is 1. The molecule has 0 saturated carbocycles. The molecule has 0 aliphatic carbocycles. The van der Waals surface area contributed by atoms with Crippen LogP contribution in [-0.4, -0.2) is 6.21 Å². The van der Waals surface area contributed by atoms with Gasteiger partial charge in [-0.15, -0.1) is 0 Å². The van der Waals surface area contributed by atoms with E-state index < -0.39 is 0 Å². The van der Waals surface area contributed by atoms with Gasteiger partial charge in [-0.05, 0) is 24.3 Å². The highest BCUT2D eigenvalue weighted by Gasteiger charge is 1.92. The van der Waals surface area contributed by atoms with Crippen molar-refractivity contribution in [3.8, 4) is 0 Å². The Hall–Kier alpha value is -1.48. The van der Waals surface area contributed by atoms with Gasteiger partial charge in [-0.25, -0.2) is 4.57 Å². The third kappa shape index (κ3) is 3.00. The zero-order valence-corrected chi connectivity index (χ0v) is 10.6. The summed E-state index contributed by atoms with van der Waals surface area (Å²) in [5.74, 6) is 0. The zero-order chi connectivity index (χ0) is 11.4. The lowest BCUT2D eigenvalue weighted by Crippen LogP contribution is -2.25. The zero-order valence-electron chi connectivity index (χ0n) is 8.97. The third-order valence-electron chi connectivity index (χ3n) is 2.19. The molecule has 1 aromatic heterocycles. The molecule has 0 N–H and O–H groups in total. The van der Waals surface area contributed by atoms with E-state index in [0.29, 0.717) is 0 Å². The lowest BCUT2D eigenvalue weighted by molar-refractivity contribution is -0.671. The van der Waals surface area contributed by atoms with E-state index in [1.54, 1.807) is 0 Å². The largest absolute Gasteiger partial charge is 0.256 e. The molecule has 1 aromatic carbocycles. The summed E-state index contributed by atoms with van der Waals surface area (Å²) in [5, 5.41) is 0. The normalized spacial score (nSPS) is 10.9. The minimum Gasteiger partial charge on any atom is -0.256 e. The Morgan fingerprint density at radius 3 is 2.31 bits per heavy atom. The minimum atomic E-state index is 0.955. The summed E-state index contributed by atoms with van der Waals surface area (Å²) < 4.78 is 3.06. The van der Waals surface area contributed by atoms with Gasteiger partial charge in [-0.2, -0.15) is 0 Å². The molecule has 1 heterocycles. The van der Waals surface area contributed by atoms with Crippen LogP contribution in [0.5, 0.6) is 0 Å². The Labute approximate surface area is 103 Å². The number of pyridine rings is 1. The second-order valence-electron chi connectivity index (χ2n) is 3.53. The summed E-state index contributed by atoms with van der Waals surface area (Å²) in [4.78, 5) is 4.39. The standard InChI is InChI=1S/C13H12BrN2/c1-16-8-6-11(7-9-16)10-15-13-4-2-12(14)3-5-13/h2-10H,1H3/q+1. The van der Waals surface area contributed by atoms with Crippen LogP contribution in [0.3, 0.4) is 0 Å². The van der Waals surface area contributed by atoms with Crippen LogP contribution in [0.4, 0.5) is 5.69 Å². The molecule has 80 valence electrons. The average molecular weight is 276 g/mol. The van der Waals surface area contributed by atoms with Gasteiger partial charge in [0, 0.05) is 28.4 Å². The first-order valence-electron chi connectivity index (χ1n) is 4.99. The van der Waals surface area contributed by atoms with E-state index >= 15 is 0 Å². The quantitative estimate of drug-likeness (QED) is 0.592. The highest BCUT2D eigenvalue weighted by molar-refractivity contribution is 9.10. The van der Waals surface area contributed by atoms with Crippen LogP contribution >= 0.6 is 15.9 Å².